The van der Waals surface area contributed by atoms with Gasteiger partial charge in [-0.3, -0.25) is 4.79 Å². The first-order valence-electron chi connectivity index (χ1n) is 6.70. The molecule has 21 heavy (non-hydrogen) atoms. The van der Waals surface area contributed by atoms with E-state index in [1.807, 2.05) is 19.9 Å². The van der Waals surface area contributed by atoms with Crippen molar-refractivity contribution in [1.29, 1.82) is 0 Å². The molecule has 0 aliphatic heterocycles. The van der Waals surface area contributed by atoms with Crippen LogP contribution in [0.5, 0.6) is 0 Å². The summed E-state index contributed by atoms with van der Waals surface area (Å²) in [5.74, 6) is -1.20. The Morgan fingerprint density at radius 3 is 2.57 bits per heavy atom. The second kappa shape index (κ2) is 7.04. The first kappa shape index (κ1) is 16.9. The standard InChI is InChI=1S/C16H21NO4/c1-5-16(3,21-4)15(20)17-13-8-6-12(10-11(13)2)7-9-14(18)19/h6-10H,5H2,1-4H3,(H,17,20)(H,18,19)/b9-7+. The summed E-state index contributed by atoms with van der Waals surface area (Å²) in [6.45, 7) is 5.47. The van der Waals surface area contributed by atoms with Gasteiger partial charge in [0, 0.05) is 18.9 Å². The number of carbonyl (C=O) groups excluding carboxylic acids is 1. The van der Waals surface area contributed by atoms with Crippen LogP contribution in [0.4, 0.5) is 5.69 Å². The second-order valence-electron chi connectivity index (χ2n) is 4.99. The number of rotatable bonds is 6. The van der Waals surface area contributed by atoms with Gasteiger partial charge in [-0.15, -0.1) is 0 Å². The number of carboxylic acid groups (broad SMARTS) is 1. The smallest absolute Gasteiger partial charge is 0.328 e. The van der Waals surface area contributed by atoms with E-state index in [0.717, 1.165) is 17.2 Å². The normalized spacial score (nSPS) is 13.9. The third kappa shape index (κ3) is 4.43. The molecule has 0 spiro atoms. The molecule has 1 aromatic carbocycles. The van der Waals surface area contributed by atoms with Crippen LogP contribution < -0.4 is 5.32 Å². The molecule has 114 valence electrons. The quantitative estimate of drug-likeness (QED) is 0.790. The third-order valence-corrected chi connectivity index (χ3v) is 3.52. The molecule has 0 bridgehead atoms. The van der Waals surface area contributed by atoms with E-state index in [2.05, 4.69) is 5.32 Å². The molecule has 1 rings (SSSR count). The molecular weight excluding hydrogens is 270 g/mol. The highest BCUT2D eigenvalue weighted by atomic mass is 16.5. The van der Waals surface area contributed by atoms with Gasteiger partial charge in [-0.2, -0.15) is 0 Å². The zero-order valence-electron chi connectivity index (χ0n) is 12.8. The average molecular weight is 291 g/mol. The topological polar surface area (TPSA) is 75.6 Å². The lowest BCUT2D eigenvalue weighted by molar-refractivity contribution is -0.136. The summed E-state index contributed by atoms with van der Waals surface area (Å²) < 4.78 is 5.26. The lowest BCUT2D eigenvalue weighted by atomic mass is 10.0. The monoisotopic (exact) mass is 291 g/mol. The fraction of sp³-hybridized carbons (Fsp3) is 0.375. The first-order chi connectivity index (χ1) is 9.82. The van der Waals surface area contributed by atoms with E-state index in [4.69, 9.17) is 9.84 Å². The van der Waals surface area contributed by atoms with Crippen LogP contribution in [0, 0.1) is 6.92 Å². The molecular formula is C16H21NO4. The van der Waals surface area contributed by atoms with Crippen molar-refractivity contribution in [3.63, 3.8) is 0 Å². The van der Waals surface area contributed by atoms with E-state index in [-0.39, 0.29) is 5.91 Å². The Morgan fingerprint density at radius 1 is 1.43 bits per heavy atom. The number of carbonyl (C=O) groups is 2. The molecule has 0 fully saturated rings. The highest BCUT2D eigenvalue weighted by molar-refractivity contribution is 5.97. The van der Waals surface area contributed by atoms with Crippen LogP contribution in [0.25, 0.3) is 6.08 Å². The van der Waals surface area contributed by atoms with Gasteiger partial charge in [0.1, 0.15) is 5.60 Å². The molecule has 2 N–H and O–H groups in total. The van der Waals surface area contributed by atoms with Crippen LogP contribution in [-0.4, -0.2) is 29.7 Å². The average Bonchev–Trinajstić information content (AvgIpc) is 2.46. The minimum absolute atomic E-state index is 0.204. The minimum Gasteiger partial charge on any atom is -0.478 e. The van der Waals surface area contributed by atoms with E-state index in [1.165, 1.54) is 13.2 Å². The first-order valence-corrected chi connectivity index (χ1v) is 6.70. The van der Waals surface area contributed by atoms with Crippen molar-refractivity contribution < 1.29 is 19.4 Å². The molecule has 5 heteroatoms. The lowest BCUT2D eigenvalue weighted by Gasteiger charge is -2.25. The van der Waals surface area contributed by atoms with Crippen molar-refractivity contribution in [3.05, 3.63) is 35.4 Å². The summed E-state index contributed by atoms with van der Waals surface area (Å²) in [7, 11) is 1.51. The number of ether oxygens (including phenoxy) is 1. The van der Waals surface area contributed by atoms with Gasteiger partial charge in [-0.05, 0) is 49.6 Å². The highest BCUT2D eigenvalue weighted by Crippen LogP contribution is 2.21. The molecule has 0 aliphatic carbocycles. The molecule has 0 aliphatic rings. The maximum atomic E-state index is 12.2. The Kier molecular flexibility index (Phi) is 5.67. The molecule has 1 aromatic rings. The minimum atomic E-state index is -0.996. The van der Waals surface area contributed by atoms with Gasteiger partial charge in [0.25, 0.3) is 5.91 Å². The number of aliphatic carboxylic acids is 1. The number of aryl methyl sites for hydroxylation is 1. The maximum Gasteiger partial charge on any atom is 0.328 e. The zero-order valence-corrected chi connectivity index (χ0v) is 12.8. The van der Waals surface area contributed by atoms with Gasteiger partial charge in [0.2, 0.25) is 0 Å². The number of nitrogens with one attached hydrogen (secondary N) is 1. The highest BCUT2D eigenvalue weighted by Gasteiger charge is 2.31. The molecule has 1 unspecified atom stereocenters. The molecule has 1 amide bonds. The number of anilines is 1. The molecule has 0 saturated heterocycles. The van der Waals surface area contributed by atoms with Crippen LogP contribution in [0.2, 0.25) is 0 Å². The Balaban J connectivity index is 2.91. The molecule has 0 radical (unpaired) electrons. The van der Waals surface area contributed by atoms with Crippen LogP contribution in [0.3, 0.4) is 0 Å². The van der Waals surface area contributed by atoms with Gasteiger partial charge >= 0.3 is 5.97 Å². The number of benzene rings is 1. The Hall–Kier alpha value is -2.14. The zero-order chi connectivity index (χ0) is 16.0. The van der Waals surface area contributed by atoms with Gasteiger partial charge in [-0.25, -0.2) is 4.79 Å². The number of hydrogen-bond acceptors (Lipinski definition) is 3. The van der Waals surface area contributed by atoms with Gasteiger partial charge in [-0.1, -0.05) is 13.0 Å². The lowest BCUT2D eigenvalue weighted by Crippen LogP contribution is -2.41. The molecule has 0 heterocycles. The van der Waals surface area contributed by atoms with Gasteiger partial charge in [0.05, 0.1) is 0 Å². The summed E-state index contributed by atoms with van der Waals surface area (Å²) in [5.41, 5.74) is 1.43. The molecule has 5 nitrogen and oxygen atoms in total. The Morgan fingerprint density at radius 2 is 2.10 bits per heavy atom. The maximum absolute atomic E-state index is 12.2. The fourth-order valence-corrected chi connectivity index (χ4v) is 1.75. The molecule has 0 saturated carbocycles. The van der Waals surface area contributed by atoms with E-state index >= 15 is 0 Å². The third-order valence-electron chi connectivity index (χ3n) is 3.52. The Labute approximate surface area is 124 Å². The predicted molar refractivity (Wildman–Crippen MR) is 82.2 cm³/mol. The van der Waals surface area contributed by atoms with Crippen molar-refractivity contribution in [2.45, 2.75) is 32.8 Å². The summed E-state index contributed by atoms with van der Waals surface area (Å²) in [6.07, 6.45) is 3.15. The van der Waals surface area contributed by atoms with Crippen molar-refractivity contribution >= 4 is 23.6 Å². The molecule has 1 atom stereocenters. The molecule has 0 aromatic heterocycles. The van der Waals surface area contributed by atoms with Crippen molar-refractivity contribution in [3.8, 4) is 0 Å². The van der Waals surface area contributed by atoms with Crippen molar-refractivity contribution in [2.75, 3.05) is 12.4 Å². The van der Waals surface area contributed by atoms with Crippen molar-refractivity contribution in [1.82, 2.24) is 0 Å². The number of methoxy groups -OCH3 is 1. The largest absolute Gasteiger partial charge is 0.478 e. The van der Waals surface area contributed by atoms with E-state index in [1.54, 1.807) is 19.1 Å². The van der Waals surface area contributed by atoms with E-state index < -0.39 is 11.6 Å². The van der Waals surface area contributed by atoms with Crippen LogP contribution in [0.15, 0.2) is 24.3 Å². The SMILES string of the molecule is CCC(C)(OC)C(=O)Nc1ccc(/C=C/C(=O)O)cc1C. The fourth-order valence-electron chi connectivity index (χ4n) is 1.75. The van der Waals surface area contributed by atoms with Crippen LogP contribution in [-0.2, 0) is 14.3 Å². The predicted octanol–water partition coefficient (Wildman–Crippen LogP) is 2.85. The van der Waals surface area contributed by atoms with Crippen LogP contribution >= 0.6 is 0 Å². The number of hydrogen-bond donors (Lipinski definition) is 2. The summed E-state index contributed by atoms with van der Waals surface area (Å²) in [5, 5.41) is 11.4. The van der Waals surface area contributed by atoms with Crippen LogP contribution in [0.1, 0.15) is 31.4 Å². The summed E-state index contributed by atoms with van der Waals surface area (Å²) >= 11 is 0. The number of amides is 1. The van der Waals surface area contributed by atoms with E-state index in [0.29, 0.717) is 12.1 Å². The Bertz CT molecular complexity index is 559. The summed E-state index contributed by atoms with van der Waals surface area (Å²) in [4.78, 5) is 22.7. The summed E-state index contributed by atoms with van der Waals surface area (Å²) in [6, 6.07) is 5.31. The number of carboxylic acids is 1. The van der Waals surface area contributed by atoms with Gasteiger partial charge in [0.15, 0.2) is 0 Å². The van der Waals surface area contributed by atoms with Gasteiger partial charge < -0.3 is 15.2 Å². The van der Waals surface area contributed by atoms with Crippen molar-refractivity contribution in [2.24, 2.45) is 0 Å². The second-order valence-corrected chi connectivity index (χ2v) is 4.99. The van der Waals surface area contributed by atoms with E-state index in [9.17, 15) is 9.59 Å².